The normalized spacial score (nSPS) is 11.6. The molecule has 9 heteroatoms. The number of aromatic nitrogens is 1. The van der Waals surface area contributed by atoms with Crippen LogP contribution >= 0.6 is 0 Å². The summed E-state index contributed by atoms with van der Waals surface area (Å²) in [6.07, 6.45) is 0. The minimum Gasteiger partial charge on any atom is -0.477 e. The van der Waals surface area contributed by atoms with Gasteiger partial charge in [-0.3, -0.25) is 10.1 Å². The van der Waals surface area contributed by atoms with Crippen molar-refractivity contribution in [3.8, 4) is 0 Å². The molecular weight excluding hydrogens is 476 g/mol. The van der Waals surface area contributed by atoms with E-state index < -0.39 is 16.0 Å². The lowest BCUT2D eigenvalue weighted by Gasteiger charge is -2.15. The molecule has 0 saturated carbocycles. The van der Waals surface area contributed by atoms with Gasteiger partial charge < -0.3 is 15.4 Å². The van der Waals surface area contributed by atoms with Crippen molar-refractivity contribution in [2.24, 2.45) is 5.73 Å². The molecule has 180 valence electrons. The molecule has 0 amide bonds. The summed E-state index contributed by atoms with van der Waals surface area (Å²) in [5.41, 5.74) is 7.93. The zero-order chi connectivity index (χ0) is 25.4. The summed E-state index contributed by atoms with van der Waals surface area (Å²) in [6, 6.07) is 25.7. The maximum absolute atomic E-state index is 13.0. The highest BCUT2D eigenvalue weighted by atomic mass is 32.2. The number of fused-ring (bicyclic) bond motifs is 2. The van der Waals surface area contributed by atoms with Crippen molar-refractivity contribution in [3.63, 3.8) is 0 Å². The van der Waals surface area contributed by atoms with Gasteiger partial charge in [-0.05, 0) is 52.7 Å². The molecule has 0 aliphatic carbocycles. The Morgan fingerprint density at radius 3 is 2.36 bits per heavy atom. The van der Waals surface area contributed by atoms with E-state index in [4.69, 9.17) is 11.1 Å². The molecule has 4 aromatic carbocycles. The zero-order valence-corrected chi connectivity index (χ0v) is 19.8. The summed E-state index contributed by atoms with van der Waals surface area (Å²) in [5.74, 6) is -1.22. The van der Waals surface area contributed by atoms with Gasteiger partial charge in [0.25, 0.3) is 10.0 Å². The number of nitrogens with one attached hydrogen (secondary N) is 2. The van der Waals surface area contributed by atoms with Crippen LogP contribution in [0.2, 0.25) is 0 Å². The number of hydrogen-bond donors (Lipinski definition) is 4. The molecule has 0 atom stereocenters. The van der Waals surface area contributed by atoms with E-state index in [0.29, 0.717) is 22.2 Å². The van der Waals surface area contributed by atoms with Gasteiger partial charge in [-0.1, -0.05) is 54.6 Å². The number of amidine groups is 1. The van der Waals surface area contributed by atoms with Crippen LogP contribution in [0.25, 0.3) is 21.7 Å². The van der Waals surface area contributed by atoms with Gasteiger partial charge in [0.2, 0.25) is 0 Å². The fraction of sp³-hybridized carbons (Fsp3) is 0.0370. The standard InChI is InChI=1S/C27H22N4O4S/c28-26(29)19-11-10-18-14-25(27(32)33)31(24(18)15-19)16-20-13-21(12-17-6-4-5-9-23(17)20)30-36(34,35)22-7-2-1-3-8-22/h1-15,30H,16H2,(H3,28,29)(H,32,33). The van der Waals surface area contributed by atoms with E-state index in [0.717, 1.165) is 16.3 Å². The van der Waals surface area contributed by atoms with Gasteiger partial charge >= 0.3 is 5.97 Å². The van der Waals surface area contributed by atoms with E-state index in [1.165, 1.54) is 12.1 Å². The molecule has 5 rings (SSSR count). The Labute approximate surface area is 207 Å². The molecule has 0 bridgehead atoms. The Bertz CT molecular complexity index is 1760. The number of anilines is 1. The first kappa shape index (κ1) is 23.1. The largest absolute Gasteiger partial charge is 0.477 e. The van der Waals surface area contributed by atoms with Crippen LogP contribution in [-0.4, -0.2) is 29.9 Å². The third kappa shape index (κ3) is 4.27. The molecule has 0 saturated heterocycles. The highest BCUT2D eigenvalue weighted by Gasteiger charge is 2.19. The minimum absolute atomic E-state index is 0.0741. The molecule has 0 fully saturated rings. The first-order valence-corrected chi connectivity index (χ1v) is 12.5. The summed E-state index contributed by atoms with van der Waals surface area (Å²) < 4.78 is 30.2. The smallest absolute Gasteiger partial charge is 0.352 e. The fourth-order valence-electron chi connectivity index (χ4n) is 4.33. The Balaban J connectivity index is 1.65. The summed E-state index contributed by atoms with van der Waals surface area (Å²) in [4.78, 5) is 12.2. The first-order valence-electron chi connectivity index (χ1n) is 11.0. The first-order chi connectivity index (χ1) is 17.2. The average Bonchev–Trinajstić information content (AvgIpc) is 3.22. The van der Waals surface area contributed by atoms with Crippen molar-refractivity contribution in [1.29, 1.82) is 5.41 Å². The van der Waals surface area contributed by atoms with Crippen molar-refractivity contribution >= 4 is 49.2 Å². The molecule has 5 N–H and O–H groups in total. The number of sulfonamides is 1. The Morgan fingerprint density at radius 1 is 0.917 bits per heavy atom. The van der Waals surface area contributed by atoms with E-state index in [9.17, 15) is 18.3 Å². The van der Waals surface area contributed by atoms with Crippen LogP contribution in [0.5, 0.6) is 0 Å². The zero-order valence-electron chi connectivity index (χ0n) is 19.0. The van der Waals surface area contributed by atoms with Crippen LogP contribution in [0.15, 0.2) is 95.9 Å². The maximum atomic E-state index is 13.0. The van der Waals surface area contributed by atoms with Crippen LogP contribution in [0.3, 0.4) is 0 Å². The SMILES string of the molecule is N=C(N)c1ccc2cc(C(=O)O)n(Cc3cc(NS(=O)(=O)c4ccccc4)cc4ccccc34)c2c1. The summed E-state index contributed by atoms with van der Waals surface area (Å²) in [5, 5.41) is 20.0. The molecule has 1 aromatic heterocycles. The molecule has 1 heterocycles. The van der Waals surface area contributed by atoms with Gasteiger partial charge in [-0.2, -0.15) is 0 Å². The van der Waals surface area contributed by atoms with Crippen molar-refractivity contribution in [2.45, 2.75) is 11.4 Å². The molecule has 0 radical (unpaired) electrons. The van der Waals surface area contributed by atoms with E-state index in [-0.39, 0.29) is 23.0 Å². The van der Waals surface area contributed by atoms with Crippen LogP contribution in [0, 0.1) is 5.41 Å². The van der Waals surface area contributed by atoms with E-state index >= 15 is 0 Å². The van der Waals surface area contributed by atoms with Gasteiger partial charge in [0.1, 0.15) is 11.5 Å². The fourth-order valence-corrected chi connectivity index (χ4v) is 5.39. The monoisotopic (exact) mass is 498 g/mol. The van der Waals surface area contributed by atoms with Crippen molar-refractivity contribution < 1.29 is 18.3 Å². The Kier molecular flexibility index (Phi) is 5.69. The van der Waals surface area contributed by atoms with E-state index in [1.54, 1.807) is 59.2 Å². The molecule has 0 aliphatic heterocycles. The number of carbonyl (C=O) groups is 1. The summed E-state index contributed by atoms with van der Waals surface area (Å²) in [7, 11) is -3.82. The summed E-state index contributed by atoms with van der Waals surface area (Å²) in [6.45, 7) is 0.161. The highest BCUT2D eigenvalue weighted by Crippen LogP contribution is 2.29. The van der Waals surface area contributed by atoms with E-state index in [2.05, 4.69) is 4.72 Å². The molecule has 0 aliphatic rings. The number of nitrogens with two attached hydrogens (primary N) is 1. The third-order valence-corrected chi connectivity index (χ3v) is 7.41. The molecule has 0 spiro atoms. The lowest BCUT2D eigenvalue weighted by molar-refractivity contribution is 0.0686. The lowest BCUT2D eigenvalue weighted by atomic mass is 10.0. The number of nitrogens with zero attached hydrogens (tertiary/aromatic N) is 1. The van der Waals surface area contributed by atoms with Crippen molar-refractivity contribution in [1.82, 2.24) is 4.57 Å². The number of carboxylic acid groups (broad SMARTS) is 1. The second-order valence-corrected chi connectivity index (χ2v) is 10.1. The van der Waals surface area contributed by atoms with Gasteiger partial charge in [0.05, 0.1) is 4.90 Å². The Morgan fingerprint density at radius 2 is 1.64 bits per heavy atom. The number of nitrogen functional groups attached to an aromatic ring is 1. The minimum atomic E-state index is -3.82. The lowest BCUT2D eigenvalue weighted by Crippen LogP contribution is -2.14. The number of rotatable bonds is 7. The van der Waals surface area contributed by atoms with Gasteiger partial charge in [0.15, 0.2) is 0 Å². The topological polar surface area (TPSA) is 138 Å². The number of carboxylic acids is 1. The molecule has 0 unspecified atom stereocenters. The van der Waals surface area contributed by atoms with Crippen LogP contribution < -0.4 is 10.5 Å². The third-order valence-electron chi connectivity index (χ3n) is 6.02. The molecular formula is C27H22N4O4S. The van der Waals surface area contributed by atoms with Gasteiger partial charge in [0, 0.05) is 28.7 Å². The van der Waals surface area contributed by atoms with E-state index in [1.807, 2.05) is 24.3 Å². The van der Waals surface area contributed by atoms with Gasteiger partial charge in [-0.15, -0.1) is 0 Å². The average molecular weight is 499 g/mol. The second-order valence-electron chi connectivity index (χ2n) is 8.38. The highest BCUT2D eigenvalue weighted by molar-refractivity contribution is 7.92. The summed E-state index contributed by atoms with van der Waals surface area (Å²) >= 11 is 0. The van der Waals surface area contributed by atoms with Crippen molar-refractivity contribution in [2.75, 3.05) is 4.72 Å². The molecule has 8 nitrogen and oxygen atoms in total. The number of benzene rings is 4. The predicted molar refractivity (Wildman–Crippen MR) is 140 cm³/mol. The van der Waals surface area contributed by atoms with Crippen molar-refractivity contribution in [3.05, 3.63) is 108 Å². The number of aromatic carboxylic acids is 1. The van der Waals surface area contributed by atoms with Crippen LogP contribution in [-0.2, 0) is 16.6 Å². The molecule has 5 aromatic rings. The van der Waals surface area contributed by atoms with Gasteiger partial charge in [-0.25, -0.2) is 13.2 Å². The predicted octanol–water partition coefficient (Wildman–Crippen LogP) is 4.63. The second kappa shape index (κ2) is 8.86. The Hall–Kier alpha value is -4.63. The quantitative estimate of drug-likeness (QED) is 0.191. The maximum Gasteiger partial charge on any atom is 0.352 e. The molecule has 36 heavy (non-hydrogen) atoms. The van der Waals surface area contributed by atoms with Crippen LogP contribution in [0.1, 0.15) is 21.6 Å². The van der Waals surface area contributed by atoms with Crippen LogP contribution in [0.4, 0.5) is 5.69 Å². The number of hydrogen-bond acceptors (Lipinski definition) is 4.